The second-order valence-corrected chi connectivity index (χ2v) is 6.91. The summed E-state index contributed by atoms with van der Waals surface area (Å²) in [6, 6.07) is 13.2. The van der Waals surface area contributed by atoms with Crippen LogP contribution in [0.15, 0.2) is 48.7 Å². The molecule has 1 aromatic carbocycles. The molecule has 0 saturated carbocycles. The van der Waals surface area contributed by atoms with E-state index in [0.29, 0.717) is 17.4 Å². The predicted octanol–water partition coefficient (Wildman–Crippen LogP) is 4.84. The number of benzene rings is 1. The van der Waals surface area contributed by atoms with E-state index in [4.69, 9.17) is 21.3 Å². The van der Waals surface area contributed by atoms with Gasteiger partial charge < -0.3 is 9.64 Å². The number of fused-ring (bicyclic) bond motifs is 2. The molecule has 2 aromatic heterocycles. The maximum Gasteiger partial charge on any atom is 0.224 e. The molecule has 3 heterocycles. The van der Waals surface area contributed by atoms with Gasteiger partial charge in [-0.3, -0.25) is 4.79 Å². The zero-order chi connectivity index (χ0) is 19.7. The van der Waals surface area contributed by atoms with Crippen molar-refractivity contribution >= 4 is 35.3 Å². The lowest BCUT2D eigenvalue weighted by atomic mass is 10.0. The molecular formula is C22H18ClN3O2. The number of halogens is 1. The summed E-state index contributed by atoms with van der Waals surface area (Å²) in [5, 5.41) is 0.624. The molecule has 0 bridgehead atoms. The molecule has 140 valence electrons. The van der Waals surface area contributed by atoms with Crippen molar-refractivity contribution in [3.05, 3.63) is 70.5 Å². The molecule has 1 aliphatic heterocycles. The van der Waals surface area contributed by atoms with Crippen LogP contribution in [0, 0.1) is 0 Å². The van der Waals surface area contributed by atoms with Gasteiger partial charge in [0.1, 0.15) is 0 Å². The van der Waals surface area contributed by atoms with Crippen LogP contribution in [0.4, 0.5) is 5.69 Å². The first-order valence-electron chi connectivity index (χ1n) is 8.81. The first-order valence-corrected chi connectivity index (χ1v) is 9.19. The number of methoxy groups -OCH3 is 1. The maximum absolute atomic E-state index is 12.3. The second-order valence-electron chi connectivity index (χ2n) is 6.47. The lowest BCUT2D eigenvalue weighted by Crippen LogP contribution is -2.29. The average Bonchev–Trinajstić information content (AvgIpc) is 2.69. The summed E-state index contributed by atoms with van der Waals surface area (Å²) >= 11 is 6.16. The normalized spacial score (nSPS) is 13.8. The quantitative estimate of drug-likeness (QED) is 0.627. The average molecular weight is 392 g/mol. The van der Waals surface area contributed by atoms with Crippen LogP contribution in [0.25, 0.3) is 23.4 Å². The van der Waals surface area contributed by atoms with Crippen molar-refractivity contribution in [2.45, 2.75) is 13.5 Å². The smallest absolute Gasteiger partial charge is 0.224 e. The van der Waals surface area contributed by atoms with Crippen molar-refractivity contribution in [3.63, 3.8) is 0 Å². The van der Waals surface area contributed by atoms with E-state index in [1.165, 1.54) is 0 Å². The number of rotatable bonds is 2. The Morgan fingerprint density at radius 1 is 1.14 bits per heavy atom. The molecule has 0 spiro atoms. The van der Waals surface area contributed by atoms with E-state index in [9.17, 15) is 4.79 Å². The van der Waals surface area contributed by atoms with Crippen LogP contribution in [0.2, 0.25) is 5.02 Å². The third-order valence-corrected chi connectivity index (χ3v) is 4.90. The molecule has 0 aliphatic carbocycles. The largest absolute Gasteiger partial charge is 0.481 e. The second kappa shape index (κ2) is 7.44. The van der Waals surface area contributed by atoms with E-state index in [-0.39, 0.29) is 5.91 Å². The molecule has 1 amide bonds. The van der Waals surface area contributed by atoms with Crippen LogP contribution in [-0.2, 0) is 11.3 Å². The van der Waals surface area contributed by atoms with Crippen LogP contribution < -0.4 is 9.64 Å². The number of carbonyl (C=O) groups excluding carboxylic acids is 1. The third-order valence-electron chi connectivity index (χ3n) is 4.66. The van der Waals surface area contributed by atoms with E-state index in [0.717, 1.165) is 33.8 Å². The minimum absolute atomic E-state index is 0.0340. The topological polar surface area (TPSA) is 55.3 Å². The number of pyridine rings is 2. The number of hydrogen-bond donors (Lipinski definition) is 0. The number of nitrogens with zero attached hydrogens (tertiary/aromatic N) is 3. The van der Waals surface area contributed by atoms with E-state index in [1.54, 1.807) is 37.3 Å². The van der Waals surface area contributed by atoms with Crippen LogP contribution in [0.5, 0.6) is 5.88 Å². The summed E-state index contributed by atoms with van der Waals surface area (Å²) in [4.78, 5) is 23.1. The van der Waals surface area contributed by atoms with E-state index in [1.807, 2.05) is 42.5 Å². The van der Waals surface area contributed by atoms with Gasteiger partial charge in [-0.25, -0.2) is 9.97 Å². The van der Waals surface area contributed by atoms with Gasteiger partial charge in [-0.2, -0.15) is 0 Å². The Morgan fingerprint density at radius 3 is 2.71 bits per heavy atom. The molecule has 0 atom stereocenters. The minimum Gasteiger partial charge on any atom is -0.481 e. The molecule has 1 aliphatic rings. The molecular weight excluding hydrogens is 374 g/mol. The highest BCUT2D eigenvalue weighted by Gasteiger charge is 2.19. The standard InChI is InChI=1S/C22H18ClN3O2/c1-14(27)26-13-17-4-8-19(16-5-10-22(28-2)24-12-16)25-20(17)7-3-15-11-18(23)6-9-21(15)26/h3-12H,13H2,1-2H3/b7-3-. The Morgan fingerprint density at radius 2 is 2.00 bits per heavy atom. The van der Waals surface area contributed by atoms with Gasteiger partial charge in [0, 0.05) is 29.8 Å². The van der Waals surface area contributed by atoms with Gasteiger partial charge >= 0.3 is 0 Å². The highest BCUT2D eigenvalue weighted by atomic mass is 35.5. The molecule has 0 saturated heterocycles. The number of aromatic nitrogens is 2. The van der Waals surface area contributed by atoms with Gasteiger partial charge in [0.2, 0.25) is 11.8 Å². The summed E-state index contributed by atoms with van der Waals surface area (Å²) in [6.07, 6.45) is 5.64. The van der Waals surface area contributed by atoms with Gasteiger partial charge in [0.05, 0.1) is 30.7 Å². The Labute approximate surface area is 168 Å². The molecule has 3 aromatic rings. The monoisotopic (exact) mass is 391 g/mol. The van der Waals surface area contributed by atoms with Crippen molar-refractivity contribution in [1.29, 1.82) is 0 Å². The SMILES string of the molecule is COc1ccc(-c2ccc3c(n2)/C=C\c2cc(Cl)ccc2N(C(C)=O)C3)cn1. The van der Waals surface area contributed by atoms with Crippen molar-refractivity contribution in [1.82, 2.24) is 9.97 Å². The summed E-state index contributed by atoms with van der Waals surface area (Å²) in [5.41, 5.74) is 5.20. The minimum atomic E-state index is -0.0340. The number of amides is 1. The fourth-order valence-corrected chi connectivity index (χ4v) is 3.39. The summed E-state index contributed by atoms with van der Waals surface area (Å²) < 4.78 is 5.11. The van der Waals surface area contributed by atoms with Crippen molar-refractivity contribution in [3.8, 4) is 17.1 Å². The number of carbonyl (C=O) groups is 1. The van der Waals surface area contributed by atoms with Gasteiger partial charge in [0.25, 0.3) is 0 Å². The molecule has 28 heavy (non-hydrogen) atoms. The van der Waals surface area contributed by atoms with E-state index >= 15 is 0 Å². The summed E-state index contributed by atoms with van der Waals surface area (Å²) in [7, 11) is 1.58. The highest BCUT2D eigenvalue weighted by molar-refractivity contribution is 6.30. The molecule has 4 rings (SSSR count). The number of hydrogen-bond acceptors (Lipinski definition) is 4. The molecule has 0 N–H and O–H groups in total. The Hall–Kier alpha value is -3.18. The van der Waals surface area contributed by atoms with Gasteiger partial charge in [0.15, 0.2) is 0 Å². The van der Waals surface area contributed by atoms with Crippen molar-refractivity contribution in [2.24, 2.45) is 0 Å². The zero-order valence-corrected chi connectivity index (χ0v) is 16.3. The first-order chi connectivity index (χ1) is 13.5. The number of ether oxygens (including phenoxy) is 1. The lowest BCUT2D eigenvalue weighted by molar-refractivity contribution is -0.116. The fraction of sp³-hybridized carbons (Fsp3) is 0.136. The fourth-order valence-electron chi connectivity index (χ4n) is 3.20. The third kappa shape index (κ3) is 3.49. The predicted molar refractivity (Wildman–Crippen MR) is 111 cm³/mol. The van der Waals surface area contributed by atoms with E-state index < -0.39 is 0 Å². The molecule has 6 heteroatoms. The van der Waals surface area contributed by atoms with Gasteiger partial charge in [-0.05, 0) is 47.5 Å². The maximum atomic E-state index is 12.3. The molecule has 0 fully saturated rings. The molecule has 5 nitrogen and oxygen atoms in total. The first kappa shape index (κ1) is 18.2. The Balaban J connectivity index is 1.79. The zero-order valence-electron chi connectivity index (χ0n) is 15.5. The van der Waals surface area contributed by atoms with E-state index in [2.05, 4.69) is 4.98 Å². The number of anilines is 1. The van der Waals surface area contributed by atoms with Crippen molar-refractivity contribution < 1.29 is 9.53 Å². The summed E-state index contributed by atoms with van der Waals surface area (Å²) in [6.45, 7) is 2.01. The highest BCUT2D eigenvalue weighted by Crippen LogP contribution is 2.31. The lowest BCUT2D eigenvalue weighted by Gasteiger charge is -2.26. The van der Waals surface area contributed by atoms with Gasteiger partial charge in [-0.15, -0.1) is 0 Å². The van der Waals surface area contributed by atoms with Crippen LogP contribution in [0.3, 0.4) is 0 Å². The van der Waals surface area contributed by atoms with Crippen LogP contribution >= 0.6 is 11.6 Å². The van der Waals surface area contributed by atoms with Gasteiger partial charge in [-0.1, -0.05) is 23.7 Å². The van der Waals surface area contributed by atoms with Crippen LogP contribution in [0.1, 0.15) is 23.7 Å². The van der Waals surface area contributed by atoms with Crippen molar-refractivity contribution in [2.75, 3.05) is 12.0 Å². The Kier molecular flexibility index (Phi) is 4.84. The molecule has 0 unspecified atom stereocenters. The molecule has 0 radical (unpaired) electrons. The Bertz CT molecular complexity index is 1080. The summed E-state index contributed by atoms with van der Waals surface area (Å²) in [5.74, 6) is 0.522. The van der Waals surface area contributed by atoms with Crippen LogP contribution in [-0.4, -0.2) is 23.0 Å².